The summed E-state index contributed by atoms with van der Waals surface area (Å²) < 4.78 is 5.00. The van der Waals surface area contributed by atoms with Crippen LogP contribution in [0.2, 0.25) is 0 Å². The standard InChI is InChI=1S/C4H4N2OS2.Mo/c8-4(9)6-3-5-1-2-7-3;/h1-2H,(H2,5,6,8,9);/p-1. The summed E-state index contributed by atoms with van der Waals surface area (Å²) >= 11 is 9.09. The van der Waals surface area contributed by atoms with E-state index in [1.165, 1.54) is 12.5 Å². The van der Waals surface area contributed by atoms with E-state index in [0.29, 0.717) is 6.01 Å². The van der Waals surface area contributed by atoms with Gasteiger partial charge in [-0.1, -0.05) is 4.32 Å². The third-order valence-electron chi connectivity index (χ3n) is 0.641. The molecule has 54 valence electrons. The van der Waals surface area contributed by atoms with Crippen LogP contribution in [-0.4, -0.2) is 9.30 Å². The second-order valence-electron chi connectivity index (χ2n) is 1.25. The van der Waals surface area contributed by atoms with Crippen molar-refractivity contribution >= 4 is 35.2 Å². The number of thiocarbonyl (C=S) groups is 1. The second-order valence-corrected chi connectivity index (χ2v) is 2.32. The van der Waals surface area contributed by atoms with Gasteiger partial charge in [-0.05, 0) is 0 Å². The minimum atomic E-state index is 0. The van der Waals surface area contributed by atoms with E-state index in [-0.39, 0.29) is 25.4 Å². The Kier molecular flexibility index (Phi) is 4.77. The molecule has 1 aromatic heterocycles. The summed E-state index contributed by atoms with van der Waals surface area (Å²) in [5.74, 6) is 0. The number of hydrogen-bond donors (Lipinski definition) is 1. The molecular formula is C4H3MoN2OS2-. The Labute approximate surface area is 83.3 Å². The molecule has 0 spiro atoms. The Hall–Kier alpha value is 0.00831. The zero-order valence-corrected chi connectivity index (χ0v) is 8.37. The number of nitrogens with zero attached hydrogens (tertiary/aromatic N) is 1. The molecular weight excluding hydrogens is 252 g/mol. The summed E-state index contributed by atoms with van der Waals surface area (Å²) in [5.41, 5.74) is 0. The van der Waals surface area contributed by atoms with Crippen molar-refractivity contribution in [1.29, 1.82) is 0 Å². The molecule has 1 heterocycles. The number of nitrogens with one attached hydrogen (secondary N) is 1. The van der Waals surface area contributed by atoms with Crippen molar-refractivity contribution in [3.8, 4) is 0 Å². The van der Waals surface area contributed by atoms with Crippen LogP contribution < -0.4 is 5.32 Å². The van der Waals surface area contributed by atoms with E-state index in [2.05, 4.69) is 35.1 Å². The van der Waals surface area contributed by atoms with Gasteiger partial charge in [-0.15, -0.1) is 0 Å². The molecule has 1 N–H and O–H groups in total. The average Bonchev–Trinajstić information content (AvgIpc) is 2.15. The first-order chi connectivity index (χ1) is 4.29. The average molecular weight is 255 g/mol. The molecule has 0 amide bonds. The van der Waals surface area contributed by atoms with Gasteiger partial charge in [-0.25, -0.2) is 4.98 Å². The Balaban J connectivity index is 0.000000810. The summed E-state index contributed by atoms with van der Waals surface area (Å²) in [6.07, 6.45) is 2.95. The van der Waals surface area contributed by atoms with Crippen LogP contribution in [0.3, 0.4) is 0 Å². The minimum Gasteiger partial charge on any atom is -0.432 e. The molecule has 0 unspecified atom stereocenters. The molecule has 0 atom stereocenters. The van der Waals surface area contributed by atoms with E-state index in [1.807, 2.05) is 0 Å². The molecule has 0 bridgehead atoms. The fourth-order valence-electron chi connectivity index (χ4n) is 0.372. The first kappa shape index (κ1) is 10.0. The van der Waals surface area contributed by atoms with Crippen LogP contribution in [0, 0.1) is 0 Å². The zero-order valence-electron chi connectivity index (χ0n) is 4.73. The smallest absolute Gasteiger partial charge is 0.297 e. The number of anilines is 1. The normalized spacial score (nSPS) is 8.00. The quantitative estimate of drug-likeness (QED) is 0.459. The molecule has 0 aliphatic rings. The minimum absolute atomic E-state index is 0. The SMILES string of the molecule is S=C([S-])Nc1ncco1.[Mo]. The maximum atomic E-state index is 4.77. The fraction of sp³-hybridized carbons (Fsp3) is 0. The number of rotatable bonds is 1. The molecule has 0 aliphatic heterocycles. The first-order valence-electron chi connectivity index (χ1n) is 2.16. The van der Waals surface area contributed by atoms with Crippen molar-refractivity contribution in [2.75, 3.05) is 5.32 Å². The van der Waals surface area contributed by atoms with Gasteiger partial charge >= 0.3 is 0 Å². The van der Waals surface area contributed by atoms with Gasteiger partial charge < -0.3 is 34.6 Å². The number of hydrogen-bond acceptors (Lipinski definition) is 4. The van der Waals surface area contributed by atoms with Crippen molar-refractivity contribution in [2.24, 2.45) is 0 Å². The Morgan fingerprint density at radius 3 is 2.90 bits per heavy atom. The van der Waals surface area contributed by atoms with E-state index in [0.717, 1.165) is 0 Å². The van der Waals surface area contributed by atoms with Crippen LogP contribution in [0.25, 0.3) is 0 Å². The van der Waals surface area contributed by atoms with Gasteiger partial charge in [-0.2, -0.15) is 0 Å². The maximum Gasteiger partial charge on any atom is 0.297 e. The van der Waals surface area contributed by atoms with E-state index < -0.39 is 0 Å². The number of oxazole rings is 1. The largest absolute Gasteiger partial charge is 0.432 e. The van der Waals surface area contributed by atoms with Gasteiger partial charge in [0.2, 0.25) is 0 Å². The van der Waals surface area contributed by atoms with Gasteiger partial charge in [0, 0.05) is 21.1 Å². The predicted molar refractivity (Wildman–Crippen MR) is 40.1 cm³/mol. The van der Waals surface area contributed by atoms with Gasteiger partial charge in [0.1, 0.15) is 6.26 Å². The Bertz CT molecular complexity index is 201. The van der Waals surface area contributed by atoms with Crippen LogP contribution in [0.15, 0.2) is 16.9 Å². The Morgan fingerprint density at radius 2 is 2.50 bits per heavy atom. The van der Waals surface area contributed by atoms with Gasteiger partial charge in [0.25, 0.3) is 6.01 Å². The monoisotopic (exact) mass is 257 g/mol. The summed E-state index contributed by atoms with van der Waals surface area (Å²) in [7, 11) is 0. The van der Waals surface area contributed by atoms with Gasteiger partial charge in [0.05, 0.1) is 6.20 Å². The molecule has 10 heavy (non-hydrogen) atoms. The van der Waals surface area contributed by atoms with Crippen molar-refractivity contribution in [1.82, 2.24) is 4.98 Å². The van der Waals surface area contributed by atoms with Gasteiger partial charge in [-0.3, -0.25) is 0 Å². The van der Waals surface area contributed by atoms with Crippen LogP contribution in [-0.2, 0) is 33.7 Å². The molecule has 3 nitrogen and oxygen atoms in total. The second kappa shape index (κ2) is 4.77. The molecule has 0 saturated carbocycles. The Morgan fingerprint density at radius 1 is 1.80 bits per heavy atom. The molecule has 0 saturated heterocycles. The van der Waals surface area contributed by atoms with Gasteiger partial charge in [0.15, 0.2) is 0 Å². The molecule has 0 fully saturated rings. The molecule has 0 aliphatic carbocycles. The van der Waals surface area contributed by atoms with Crippen molar-refractivity contribution < 1.29 is 25.5 Å². The van der Waals surface area contributed by atoms with Crippen LogP contribution in [0.1, 0.15) is 0 Å². The summed E-state index contributed by atoms with van der Waals surface area (Å²) in [6, 6.07) is 0.343. The molecule has 0 radical (unpaired) electrons. The van der Waals surface area contributed by atoms with E-state index in [9.17, 15) is 0 Å². The van der Waals surface area contributed by atoms with E-state index in [1.54, 1.807) is 0 Å². The molecule has 1 aromatic rings. The fourth-order valence-corrected chi connectivity index (χ4v) is 0.547. The van der Waals surface area contributed by atoms with Crippen LogP contribution in [0.4, 0.5) is 6.01 Å². The first-order valence-corrected chi connectivity index (χ1v) is 2.98. The topological polar surface area (TPSA) is 38.1 Å². The molecule has 1 rings (SSSR count). The zero-order chi connectivity index (χ0) is 6.69. The molecule has 0 aromatic carbocycles. The summed E-state index contributed by atoms with van der Waals surface area (Å²) in [6.45, 7) is 0. The third kappa shape index (κ3) is 3.25. The molecule has 6 heteroatoms. The predicted octanol–water partition coefficient (Wildman–Crippen LogP) is 0.916. The summed E-state index contributed by atoms with van der Waals surface area (Å²) in [4.78, 5) is 3.72. The maximum absolute atomic E-state index is 4.77. The van der Waals surface area contributed by atoms with Crippen molar-refractivity contribution in [2.45, 2.75) is 0 Å². The van der Waals surface area contributed by atoms with Crippen molar-refractivity contribution in [3.63, 3.8) is 0 Å². The van der Waals surface area contributed by atoms with Crippen LogP contribution in [0.5, 0.6) is 0 Å². The number of aromatic nitrogens is 1. The van der Waals surface area contributed by atoms with Crippen LogP contribution >= 0.6 is 12.2 Å². The third-order valence-corrected chi connectivity index (χ3v) is 0.845. The summed E-state index contributed by atoms with van der Waals surface area (Å²) in [5, 5.41) is 2.55. The van der Waals surface area contributed by atoms with E-state index >= 15 is 0 Å². The van der Waals surface area contributed by atoms with E-state index in [4.69, 9.17) is 4.42 Å². The van der Waals surface area contributed by atoms with Crippen molar-refractivity contribution in [3.05, 3.63) is 12.5 Å².